The van der Waals surface area contributed by atoms with Crippen molar-refractivity contribution in [2.45, 2.75) is 6.10 Å². The third-order valence-electron chi connectivity index (χ3n) is 2.97. The van der Waals surface area contributed by atoms with Gasteiger partial charge < -0.3 is 20.5 Å². The van der Waals surface area contributed by atoms with Crippen molar-refractivity contribution < 1.29 is 24.4 Å². The summed E-state index contributed by atoms with van der Waals surface area (Å²) in [6.07, 6.45) is -0.0658. The fourth-order valence-corrected chi connectivity index (χ4v) is 1.97. The van der Waals surface area contributed by atoms with Crippen LogP contribution in [0.1, 0.15) is 10.4 Å². The van der Waals surface area contributed by atoms with E-state index >= 15 is 0 Å². The van der Waals surface area contributed by atoms with Gasteiger partial charge in [-0.05, 0) is 0 Å². The van der Waals surface area contributed by atoms with Crippen LogP contribution in [-0.4, -0.2) is 52.7 Å². The predicted octanol–water partition coefficient (Wildman–Crippen LogP) is -0.622. The second-order valence-electron chi connectivity index (χ2n) is 4.33. The number of rotatable bonds is 4. The van der Waals surface area contributed by atoms with Gasteiger partial charge in [-0.15, -0.1) is 0 Å². The number of nitro groups is 1. The smallest absolute Gasteiger partial charge is 0.334 e. The predicted molar refractivity (Wildman–Crippen MR) is 69.0 cm³/mol. The average molecular weight is 296 g/mol. The van der Waals surface area contributed by atoms with E-state index in [4.69, 9.17) is 15.6 Å². The first-order valence-electron chi connectivity index (χ1n) is 5.93. The highest BCUT2D eigenvalue weighted by atomic mass is 16.6. The number of pyridine rings is 1. The van der Waals surface area contributed by atoms with Crippen LogP contribution in [0.5, 0.6) is 0 Å². The van der Waals surface area contributed by atoms with Crippen molar-refractivity contribution in [3.63, 3.8) is 0 Å². The number of anilines is 1. The Labute approximate surface area is 118 Å². The van der Waals surface area contributed by atoms with E-state index in [1.54, 1.807) is 0 Å². The average Bonchev–Trinajstić information content (AvgIpc) is 2.46. The van der Waals surface area contributed by atoms with Gasteiger partial charge in [-0.2, -0.15) is 0 Å². The molecule has 0 saturated carbocycles. The van der Waals surface area contributed by atoms with Crippen molar-refractivity contribution in [3.05, 3.63) is 27.9 Å². The molecule has 1 aliphatic heterocycles. The normalized spacial score (nSPS) is 18.3. The van der Waals surface area contributed by atoms with Gasteiger partial charge in [0.1, 0.15) is 12.0 Å². The maximum atomic E-state index is 11.4. The van der Waals surface area contributed by atoms with Crippen LogP contribution in [0.4, 0.5) is 11.5 Å². The van der Waals surface area contributed by atoms with E-state index in [-0.39, 0.29) is 30.2 Å². The third-order valence-corrected chi connectivity index (χ3v) is 2.97. The van der Waals surface area contributed by atoms with Crippen molar-refractivity contribution in [1.29, 1.82) is 0 Å². The number of primary amides is 1. The van der Waals surface area contributed by atoms with Crippen LogP contribution in [0.15, 0.2) is 12.3 Å². The van der Waals surface area contributed by atoms with Crippen molar-refractivity contribution in [3.8, 4) is 0 Å². The van der Waals surface area contributed by atoms with Gasteiger partial charge in [-0.1, -0.05) is 0 Å². The molecule has 0 radical (unpaired) electrons. The van der Waals surface area contributed by atoms with E-state index < -0.39 is 22.9 Å². The minimum absolute atomic E-state index is 0.0274. The maximum Gasteiger partial charge on any atom is 0.334 e. The molecule has 112 valence electrons. The van der Waals surface area contributed by atoms with Crippen molar-refractivity contribution in [2.24, 2.45) is 5.73 Å². The van der Waals surface area contributed by atoms with Crippen LogP contribution >= 0.6 is 0 Å². The minimum Gasteiger partial charge on any atom is -0.479 e. The molecule has 10 nitrogen and oxygen atoms in total. The number of carboxylic acids is 1. The Bertz CT molecular complexity index is 604. The van der Waals surface area contributed by atoms with Crippen LogP contribution in [-0.2, 0) is 9.53 Å². The summed E-state index contributed by atoms with van der Waals surface area (Å²) in [6, 6.07) is 1.02. The van der Waals surface area contributed by atoms with E-state index in [9.17, 15) is 19.7 Å². The lowest BCUT2D eigenvalue weighted by atomic mass is 10.2. The molecule has 1 unspecified atom stereocenters. The molecular formula is C11H12N4O6. The van der Waals surface area contributed by atoms with Gasteiger partial charge in [0.25, 0.3) is 11.6 Å². The summed E-state index contributed by atoms with van der Waals surface area (Å²) < 4.78 is 5.06. The number of carbonyl (C=O) groups is 2. The zero-order valence-corrected chi connectivity index (χ0v) is 10.8. The number of aliphatic carboxylic acids is 1. The summed E-state index contributed by atoms with van der Waals surface area (Å²) in [6.45, 7) is 0.406. The quantitative estimate of drug-likeness (QED) is 0.551. The summed E-state index contributed by atoms with van der Waals surface area (Å²) in [4.78, 5) is 37.8. The van der Waals surface area contributed by atoms with E-state index in [2.05, 4.69) is 4.98 Å². The Morgan fingerprint density at radius 1 is 1.57 bits per heavy atom. The van der Waals surface area contributed by atoms with Crippen LogP contribution in [0.3, 0.4) is 0 Å². The molecule has 0 spiro atoms. The van der Waals surface area contributed by atoms with Crippen molar-refractivity contribution >= 4 is 23.4 Å². The van der Waals surface area contributed by atoms with E-state index in [1.165, 1.54) is 4.90 Å². The molecule has 1 saturated heterocycles. The van der Waals surface area contributed by atoms with Gasteiger partial charge in [0.05, 0.1) is 23.6 Å². The molecule has 2 rings (SSSR count). The highest BCUT2D eigenvalue weighted by molar-refractivity contribution is 5.98. The van der Waals surface area contributed by atoms with E-state index in [1.807, 2.05) is 0 Å². The molecular weight excluding hydrogens is 284 g/mol. The number of hydrogen-bond donors (Lipinski definition) is 2. The largest absolute Gasteiger partial charge is 0.479 e. The summed E-state index contributed by atoms with van der Waals surface area (Å²) in [5, 5.41) is 19.7. The first kappa shape index (κ1) is 14.7. The molecule has 1 aromatic heterocycles. The standard InChI is InChI=1S/C11H12N4O6/c12-9(16)7-3-6(15(19)20)4-13-10(7)14-1-2-21-8(5-14)11(17)18/h3-4,8H,1-2,5H2,(H2,12,16)(H,17,18). The fourth-order valence-electron chi connectivity index (χ4n) is 1.97. The summed E-state index contributed by atoms with van der Waals surface area (Å²) >= 11 is 0. The topological polar surface area (TPSA) is 149 Å². The number of aromatic nitrogens is 1. The highest BCUT2D eigenvalue weighted by Crippen LogP contribution is 2.24. The summed E-state index contributed by atoms with van der Waals surface area (Å²) in [7, 11) is 0. The zero-order chi connectivity index (χ0) is 15.6. The number of amides is 1. The highest BCUT2D eigenvalue weighted by Gasteiger charge is 2.29. The molecule has 0 aliphatic carbocycles. The Morgan fingerprint density at radius 2 is 2.29 bits per heavy atom. The van der Waals surface area contributed by atoms with Crippen LogP contribution in [0, 0.1) is 10.1 Å². The van der Waals surface area contributed by atoms with E-state index in [0.717, 1.165) is 12.3 Å². The second kappa shape index (κ2) is 5.71. The van der Waals surface area contributed by atoms with Gasteiger partial charge in [-0.25, -0.2) is 9.78 Å². The first-order chi connectivity index (χ1) is 9.90. The monoisotopic (exact) mass is 296 g/mol. The van der Waals surface area contributed by atoms with Crippen LogP contribution in [0.2, 0.25) is 0 Å². The SMILES string of the molecule is NC(=O)c1cc([N+](=O)[O-])cnc1N1CCOC(C(=O)O)C1. The molecule has 1 fully saturated rings. The molecule has 1 atom stereocenters. The van der Waals surface area contributed by atoms with Crippen LogP contribution < -0.4 is 10.6 Å². The molecule has 3 N–H and O–H groups in total. The van der Waals surface area contributed by atoms with Gasteiger partial charge in [0.15, 0.2) is 6.10 Å². The molecule has 1 amide bonds. The number of carboxylic acid groups (broad SMARTS) is 1. The number of morpholine rings is 1. The van der Waals surface area contributed by atoms with Gasteiger partial charge in [-0.3, -0.25) is 14.9 Å². The molecule has 1 aromatic rings. The van der Waals surface area contributed by atoms with Crippen molar-refractivity contribution in [2.75, 3.05) is 24.6 Å². The number of ether oxygens (including phenoxy) is 1. The maximum absolute atomic E-state index is 11.4. The molecule has 2 heterocycles. The lowest BCUT2D eigenvalue weighted by Gasteiger charge is -2.32. The lowest BCUT2D eigenvalue weighted by molar-refractivity contribution is -0.385. The van der Waals surface area contributed by atoms with Crippen molar-refractivity contribution in [1.82, 2.24) is 4.98 Å². The number of carbonyl (C=O) groups excluding carboxylic acids is 1. The molecule has 1 aliphatic rings. The minimum atomic E-state index is -1.14. The number of nitrogens with two attached hydrogens (primary N) is 1. The van der Waals surface area contributed by atoms with Crippen LogP contribution in [0.25, 0.3) is 0 Å². The molecule has 21 heavy (non-hydrogen) atoms. The zero-order valence-electron chi connectivity index (χ0n) is 10.8. The molecule has 0 bridgehead atoms. The fraction of sp³-hybridized carbons (Fsp3) is 0.364. The third kappa shape index (κ3) is 3.05. The second-order valence-corrected chi connectivity index (χ2v) is 4.33. The summed E-state index contributed by atoms with van der Waals surface area (Å²) in [5.74, 6) is -1.90. The Hall–Kier alpha value is -2.75. The Morgan fingerprint density at radius 3 is 2.86 bits per heavy atom. The number of hydrogen-bond acceptors (Lipinski definition) is 7. The Kier molecular flexibility index (Phi) is 3.98. The molecule has 10 heteroatoms. The molecule has 0 aromatic carbocycles. The number of nitrogens with zero attached hydrogens (tertiary/aromatic N) is 3. The Balaban J connectivity index is 2.36. The van der Waals surface area contributed by atoms with Gasteiger partial charge in [0.2, 0.25) is 0 Å². The van der Waals surface area contributed by atoms with Gasteiger partial charge in [0, 0.05) is 12.6 Å². The first-order valence-corrected chi connectivity index (χ1v) is 5.93. The summed E-state index contributed by atoms with van der Waals surface area (Å²) in [5.41, 5.74) is 4.71. The lowest BCUT2D eigenvalue weighted by Crippen LogP contribution is -2.47. The van der Waals surface area contributed by atoms with E-state index in [0.29, 0.717) is 6.54 Å². The van der Waals surface area contributed by atoms with Gasteiger partial charge >= 0.3 is 5.97 Å².